The molecule has 0 aromatic carbocycles. The summed E-state index contributed by atoms with van der Waals surface area (Å²) in [5.74, 6) is 0.00926. The van der Waals surface area contributed by atoms with Crippen molar-refractivity contribution in [1.29, 1.82) is 0 Å². The van der Waals surface area contributed by atoms with E-state index in [1.165, 1.54) is 6.92 Å². The lowest BCUT2D eigenvalue weighted by Crippen LogP contribution is -2.03. The fraction of sp³-hybridized carbons (Fsp3) is 0.750. The van der Waals surface area contributed by atoms with E-state index in [2.05, 4.69) is 0 Å². The van der Waals surface area contributed by atoms with Crippen LogP contribution in [0.5, 0.6) is 0 Å². The Morgan fingerprint density at radius 1 is 1.18 bits per heavy atom. The molecule has 0 atom stereocenters. The van der Waals surface area contributed by atoms with Crippen LogP contribution in [-0.2, 0) is 9.59 Å². The Bertz CT molecular complexity index is 140. The van der Waals surface area contributed by atoms with Crippen molar-refractivity contribution in [3.63, 3.8) is 0 Å². The third-order valence-corrected chi connectivity index (χ3v) is 1.41. The Morgan fingerprint density at radius 2 is 1.73 bits per heavy atom. The third kappa shape index (κ3) is 7.19. The van der Waals surface area contributed by atoms with E-state index in [-0.39, 0.29) is 18.2 Å². The summed E-state index contributed by atoms with van der Waals surface area (Å²) < 4.78 is 0. The lowest BCUT2D eigenvalue weighted by atomic mass is 10.1. The van der Waals surface area contributed by atoms with Crippen molar-refractivity contribution in [2.24, 2.45) is 0 Å². The summed E-state index contributed by atoms with van der Waals surface area (Å²) in [5, 5.41) is 8.33. The van der Waals surface area contributed by atoms with Crippen molar-refractivity contribution in [1.82, 2.24) is 0 Å². The Hall–Kier alpha value is -0.700. The predicted octanol–water partition coefficient (Wildman–Crippen LogP) is 0.697. The fourth-order valence-electron chi connectivity index (χ4n) is 0.775. The normalized spacial score (nSPS) is 9.64. The minimum atomic E-state index is -0.375. The zero-order valence-corrected chi connectivity index (χ0v) is 6.80. The number of aliphatic hydroxyl groups is 1. The van der Waals surface area contributed by atoms with Crippen LogP contribution < -0.4 is 0 Å². The second-order valence-corrected chi connectivity index (χ2v) is 2.61. The van der Waals surface area contributed by atoms with Gasteiger partial charge in [-0.3, -0.25) is 4.79 Å². The lowest BCUT2D eigenvalue weighted by molar-refractivity contribution is -0.122. The molecule has 0 rings (SSSR count). The average molecular weight is 158 g/mol. The first kappa shape index (κ1) is 10.3. The quantitative estimate of drug-likeness (QED) is 0.579. The monoisotopic (exact) mass is 158 g/mol. The van der Waals surface area contributed by atoms with Crippen LogP contribution in [0.25, 0.3) is 0 Å². The van der Waals surface area contributed by atoms with Gasteiger partial charge in [0, 0.05) is 12.8 Å². The van der Waals surface area contributed by atoms with E-state index in [0.717, 1.165) is 6.42 Å². The summed E-state index contributed by atoms with van der Waals surface area (Å²) in [6, 6.07) is 0. The first-order valence-corrected chi connectivity index (χ1v) is 3.79. The maximum Gasteiger partial charge on any atom is 0.158 e. The van der Waals surface area contributed by atoms with Gasteiger partial charge in [0.2, 0.25) is 0 Å². The van der Waals surface area contributed by atoms with Crippen LogP contribution in [0.4, 0.5) is 0 Å². The molecule has 0 heterocycles. The first-order valence-electron chi connectivity index (χ1n) is 3.79. The van der Waals surface area contributed by atoms with Gasteiger partial charge in [-0.2, -0.15) is 0 Å². The second kappa shape index (κ2) is 6.04. The molecule has 3 nitrogen and oxygen atoms in total. The Kier molecular flexibility index (Phi) is 5.65. The van der Waals surface area contributed by atoms with Gasteiger partial charge in [0.1, 0.15) is 12.4 Å². The van der Waals surface area contributed by atoms with E-state index in [1.807, 2.05) is 0 Å². The topological polar surface area (TPSA) is 54.4 Å². The number of Topliss-reactive ketones (excluding diaryl/α,β-unsaturated/α-hetero) is 2. The number of ketones is 2. The van der Waals surface area contributed by atoms with E-state index in [9.17, 15) is 9.59 Å². The lowest BCUT2D eigenvalue weighted by Gasteiger charge is -1.95. The highest BCUT2D eigenvalue weighted by Crippen LogP contribution is 2.00. The summed E-state index contributed by atoms with van der Waals surface area (Å²) in [5.41, 5.74) is 0. The maximum atomic E-state index is 10.5. The molecule has 0 amide bonds. The van der Waals surface area contributed by atoms with Gasteiger partial charge >= 0.3 is 0 Å². The van der Waals surface area contributed by atoms with Crippen LogP contribution in [-0.4, -0.2) is 23.3 Å². The molecule has 0 radical (unpaired) electrons. The largest absolute Gasteiger partial charge is 0.389 e. The highest BCUT2D eigenvalue weighted by atomic mass is 16.3. The number of hydrogen-bond donors (Lipinski definition) is 1. The maximum absolute atomic E-state index is 10.5. The molecular weight excluding hydrogens is 144 g/mol. The molecule has 0 unspecified atom stereocenters. The molecule has 0 fully saturated rings. The smallest absolute Gasteiger partial charge is 0.158 e. The van der Waals surface area contributed by atoms with Crippen LogP contribution in [0.1, 0.15) is 32.6 Å². The van der Waals surface area contributed by atoms with Crippen LogP contribution in [0.2, 0.25) is 0 Å². The van der Waals surface area contributed by atoms with Gasteiger partial charge in [0.25, 0.3) is 0 Å². The second-order valence-electron chi connectivity index (χ2n) is 2.61. The van der Waals surface area contributed by atoms with Crippen molar-refractivity contribution >= 4 is 11.6 Å². The number of carbonyl (C=O) groups excluding carboxylic acids is 2. The van der Waals surface area contributed by atoms with Crippen LogP contribution in [0, 0.1) is 0 Å². The molecular formula is C8H14O3. The number of aliphatic hydroxyl groups excluding tert-OH is 1. The zero-order valence-electron chi connectivity index (χ0n) is 6.80. The molecule has 0 saturated heterocycles. The molecule has 0 aliphatic carbocycles. The molecule has 64 valence electrons. The number of unbranched alkanes of at least 4 members (excludes halogenated alkanes) is 1. The van der Waals surface area contributed by atoms with E-state index >= 15 is 0 Å². The van der Waals surface area contributed by atoms with Gasteiger partial charge in [0.05, 0.1) is 0 Å². The molecule has 0 aliphatic rings. The standard InChI is InChI=1S/C8H14O3/c1-7(10)4-2-3-5-8(11)6-9/h9H,2-6H2,1H3. The minimum absolute atomic E-state index is 0.145. The number of hydrogen-bond acceptors (Lipinski definition) is 3. The SMILES string of the molecule is CC(=O)CCCCC(=O)CO. The van der Waals surface area contributed by atoms with Crippen molar-refractivity contribution in [2.75, 3.05) is 6.61 Å². The Labute approximate surface area is 66.4 Å². The number of carbonyl (C=O) groups is 2. The van der Waals surface area contributed by atoms with Crippen LogP contribution in [0.3, 0.4) is 0 Å². The van der Waals surface area contributed by atoms with Gasteiger partial charge in [-0.05, 0) is 19.8 Å². The summed E-state index contributed by atoms with van der Waals surface area (Å²) in [6.07, 6.45) is 2.39. The molecule has 0 bridgehead atoms. The average Bonchev–Trinajstić information content (AvgIpc) is 1.97. The molecule has 0 saturated carbocycles. The summed E-state index contributed by atoms with van der Waals surface area (Å²) >= 11 is 0. The van der Waals surface area contributed by atoms with Gasteiger partial charge < -0.3 is 9.90 Å². The molecule has 1 N–H and O–H groups in total. The van der Waals surface area contributed by atoms with E-state index in [1.54, 1.807) is 0 Å². The van der Waals surface area contributed by atoms with Crippen molar-refractivity contribution < 1.29 is 14.7 Å². The highest BCUT2D eigenvalue weighted by molar-refractivity contribution is 5.79. The summed E-state index contributed by atoms with van der Waals surface area (Å²) in [6.45, 7) is 1.16. The van der Waals surface area contributed by atoms with Gasteiger partial charge in [-0.1, -0.05) is 0 Å². The molecule has 0 aromatic rings. The molecule has 0 aliphatic heterocycles. The summed E-state index contributed by atoms with van der Waals surface area (Å²) in [7, 11) is 0. The summed E-state index contributed by atoms with van der Waals surface area (Å²) in [4.78, 5) is 20.9. The molecule has 0 aromatic heterocycles. The first-order chi connectivity index (χ1) is 5.16. The van der Waals surface area contributed by atoms with Crippen molar-refractivity contribution in [3.05, 3.63) is 0 Å². The third-order valence-electron chi connectivity index (χ3n) is 1.41. The van der Waals surface area contributed by atoms with Crippen LogP contribution in [0.15, 0.2) is 0 Å². The molecule has 0 spiro atoms. The van der Waals surface area contributed by atoms with E-state index < -0.39 is 0 Å². The van der Waals surface area contributed by atoms with Crippen molar-refractivity contribution in [3.8, 4) is 0 Å². The Balaban J connectivity index is 3.14. The Morgan fingerprint density at radius 3 is 2.18 bits per heavy atom. The van der Waals surface area contributed by atoms with Crippen molar-refractivity contribution in [2.45, 2.75) is 32.6 Å². The van der Waals surface area contributed by atoms with E-state index in [4.69, 9.17) is 5.11 Å². The van der Waals surface area contributed by atoms with Gasteiger partial charge in [0.15, 0.2) is 5.78 Å². The zero-order chi connectivity index (χ0) is 8.69. The van der Waals surface area contributed by atoms with Crippen LogP contribution >= 0.6 is 0 Å². The van der Waals surface area contributed by atoms with E-state index in [0.29, 0.717) is 19.3 Å². The predicted molar refractivity (Wildman–Crippen MR) is 41.2 cm³/mol. The van der Waals surface area contributed by atoms with Gasteiger partial charge in [-0.25, -0.2) is 0 Å². The fourth-order valence-corrected chi connectivity index (χ4v) is 0.775. The molecule has 11 heavy (non-hydrogen) atoms. The minimum Gasteiger partial charge on any atom is -0.389 e. The highest BCUT2D eigenvalue weighted by Gasteiger charge is 1.99. The van der Waals surface area contributed by atoms with Gasteiger partial charge in [-0.15, -0.1) is 0 Å². The number of rotatable bonds is 6. The molecule has 3 heteroatoms.